The minimum Gasteiger partial charge on any atom is -0.395 e. The SMILES string of the molecule is CNC(CCN(CCO)CCO)c1ccccc1C. The van der Waals surface area contributed by atoms with Crippen molar-refractivity contribution in [3.63, 3.8) is 0 Å². The lowest BCUT2D eigenvalue weighted by molar-refractivity contribution is 0.156. The maximum absolute atomic E-state index is 9.01. The molecule has 1 rings (SSSR count). The number of nitrogens with zero attached hydrogens (tertiary/aromatic N) is 1. The lowest BCUT2D eigenvalue weighted by Crippen LogP contribution is -2.33. The Morgan fingerprint density at radius 2 is 1.74 bits per heavy atom. The van der Waals surface area contributed by atoms with Gasteiger partial charge in [-0.05, 0) is 31.5 Å². The molecule has 0 aliphatic carbocycles. The molecule has 1 atom stereocenters. The van der Waals surface area contributed by atoms with Crippen molar-refractivity contribution in [1.82, 2.24) is 10.2 Å². The van der Waals surface area contributed by atoms with Crippen LogP contribution in [0.15, 0.2) is 24.3 Å². The zero-order valence-electron chi connectivity index (χ0n) is 12.0. The highest BCUT2D eigenvalue weighted by Crippen LogP contribution is 2.20. The molecule has 1 aromatic carbocycles. The molecule has 0 spiro atoms. The van der Waals surface area contributed by atoms with Crippen molar-refractivity contribution in [3.8, 4) is 0 Å². The van der Waals surface area contributed by atoms with Gasteiger partial charge in [0.2, 0.25) is 0 Å². The van der Waals surface area contributed by atoms with Gasteiger partial charge in [0.05, 0.1) is 13.2 Å². The van der Waals surface area contributed by atoms with Crippen molar-refractivity contribution in [2.45, 2.75) is 19.4 Å². The van der Waals surface area contributed by atoms with E-state index in [0.717, 1.165) is 13.0 Å². The zero-order valence-corrected chi connectivity index (χ0v) is 12.0. The standard InChI is InChI=1S/C15H26N2O2/c1-13-5-3-4-6-14(13)15(16-2)7-8-17(9-11-18)10-12-19/h3-6,15-16,18-19H,7-12H2,1-2H3. The van der Waals surface area contributed by atoms with E-state index < -0.39 is 0 Å². The molecule has 108 valence electrons. The summed E-state index contributed by atoms with van der Waals surface area (Å²) in [4.78, 5) is 2.09. The molecule has 0 aromatic heterocycles. The largest absolute Gasteiger partial charge is 0.395 e. The Balaban J connectivity index is 2.59. The van der Waals surface area contributed by atoms with Crippen molar-refractivity contribution in [3.05, 3.63) is 35.4 Å². The Kier molecular flexibility index (Phi) is 7.67. The van der Waals surface area contributed by atoms with Crippen LogP contribution in [-0.2, 0) is 0 Å². The molecule has 0 radical (unpaired) electrons. The second kappa shape index (κ2) is 9.04. The number of aliphatic hydroxyl groups excluding tert-OH is 2. The molecule has 0 saturated heterocycles. The van der Waals surface area contributed by atoms with E-state index in [1.807, 2.05) is 7.05 Å². The topological polar surface area (TPSA) is 55.7 Å². The summed E-state index contributed by atoms with van der Waals surface area (Å²) in [5.74, 6) is 0. The van der Waals surface area contributed by atoms with E-state index in [1.165, 1.54) is 11.1 Å². The van der Waals surface area contributed by atoms with E-state index >= 15 is 0 Å². The number of aryl methyl sites for hydroxylation is 1. The zero-order chi connectivity index (χ0) is 14.1. The van der Waals surface area contributed by atoms with Crippen molar-refractivity contribution in [1.29, 1.82) is 0 Å². The number of benzene rings is 1. The lowest BCUT2D eigenvalue weighted by atomic mass is 9.99. The fourth-order valence-electron chi connectivity index (χ4n) is 2.36. The van der Waals surface area contributed by atoms with Crippen LogP contribution < -0.4 is 5.32 Å². The number of hydrogen-bond acceptors (Lipinski definition) is 4. The molecular formula is C15H26N2O2. The van der Waals surface area contributed by atoms with Gasteiger partial charge in [0.15, 0.2) is 0 Å². The number of rotatable bonds is 9. The van der Waals surface area contributed by atoms with Gasteiger partial charge in [-0.15, -0.1) is 0 Å². The summed E-state index contributed by atoms with van der Waals surface area (Å²) in [5.41, 5.74) is 2.61. The quantitative estimate of drug-likeness (QED) is 0.622. The van der Waals surface area contributed by atoms with E-state index in [1.54, 1.807) is 0 Å². The number of nitrogens with one attached hydrogen (secondary N) is 1. The van der Waals surface area contributed by atoms with Crippen molar-refractivity contribution < 1.29 is 10.2 Å². The van der Waals surface area contributed by atoms with Crippen LogP contribution in [0.2, 0.25) is 0 Å². The third-order valence-electron chi connectivity index (χ3n) is 3.48. The van der Waals surface area contributed by atoms with Crippen LogP contribution in [0.5, 0.6) is 0 Å². The van der Waals surface area contributed by atoms with Crippen LogP contribution in [0.25, 0.3) is 0 Å². The lowest BCUT2D eigenvalue weighted by Gasteiger charge is -2.24. The molecule has 4 nitrogen and oxygen atoms in total. The van der Waals surface area contributed by atoms with Crippen molar-refractivity contribution in [2.24, 2.45) is 0 Å². The van der Waals surface area contributed by atoms with Crippen LogP contribution in [-0.4, -0.2) is 55.0 Å². The molecule has 0 amide bonds. The first-order valence-electron chi connectivity index (χ1n) is 6.89. The van der Waals surface area contributed by atoms with Gasteiger partial charge >= 0.3 is 0 Å². The van der Waals surface area contributed by atoms with Crippen molar-refractivity contribution in [2.75, 3.05) is 39.9 Å². The van der Waals surface area contributed by atoms with Crippen LogP contribution in [0.4, 0.5) is 0 Å². The highest BCUT2D eigenvalue weighted by Gasteiger charge is 2.13. The van der Waals surface area contributed by atoms with Gasteiger partial charge in [-0.25, -0.2) is 0 Å². The fourth-order valence-corrected chi connectivity index (χ4v) is 2.36. The summed E-state index contributed by atoms with van der Waals surface area (Å²) in [6.07, 6.45) is 0.960. The average Bonchev–Trinajstić information content (AvgIpc) is 2.41. The molecule has 19 heavy (non-hydrogen) atoms. The molecule has 0 bridgehead atoms. The molecule has 0 aliphatic heterocycles. The Labute approximate surface area is 116 Å². The summed E-state index contributed by atoms with van der Waals surface area (Å²) in [6, 6.07) is 8.69. The molecule has 0 heterocycles. The minimum atomic E-state index is 0.134. The van der Waals surface area contributed by atoms with E-state index in [9.17, 15) is 0 Å². The maximum atomic E-state index is 9.01. The highest BCUT2D eigenvalue weighted by atomic mass is 16.3. The van der Waals surface area contributed by atoms with Crippen LogP contribution in [0.1, 0.15) is 23.6 Å². The molecule has 3 N–H and O–H groups in total. The summed E-state index contributed by atoms with van der Waals surface area (Å²) in [6.45, 7) is 4.48. The molecule has 1 aromatic rings. The second-order valence-corrected chi connectivity index (χ2v) is 4.78. The minimum absolute atomic E-state index is 0.134. The first-order chi connectivity index (χ1) is 9.22. The van der Waals surface area contributed by atoms with Gasteiger partial charge in [-0.3, -0.25) is 4.90 Å². The monoisotopic (exact) mass is 266 g/mol. The Morgan fingerprint density at radius 1 is 1.11 bits per heavy atom. The third-order valence-corrected chi connectivity index (χ3v) is 3.48. The van der Waals surface area contributed by atoms with E-state index in [-0.39, 0.29) is 13.2 Å². The predicted molar refractivity (Wildman–Crippen MR) is 78.2 cm³/mol. The van der Waals surface area contributed by atoms with E-state index in [4.69, 9.17) is 10.2 Å². The first-order valence-corrected chi connectivity index (χ1v) is 6.89. The Hall–Kier alpha value is -0.940. The smallest absolute Gasteiger partial charge is 0.0558 e. The normalized spacial score (nSPS) is 12.9. The van der Waals surface area contributed by atoms with Gasteiger partial charge in [0.25, 0.3) is 0 Å². The Morgan fingerprint density at radius 3 is 2.26 bits per heavy atom. The molecule has 1 unspecified atom stereocenters. The van der Waals surface area contributed by atoms with Crippen LogP contribution >= 0.6 is 0 Å². The maximum Gasteiger partial charge on any atom is 0.0558 e. The Bertz CT molecular complexity index is 352. The van der Waals surface area contributed by atoms with Gasteiger partial charge in [0.1, 0.15) is 0 Å². The molecular weight excluding hydrogens is 240 g/mol. The van der Waals surface area contributed by atoms with Gasteiger partial charge in [0, 0.05) is 25.7 Å². The summed E-state index contributed by atoms with van der Waals surface area (Å²) >= 11 is 0. The molecule has 0 aliphatic rings. The van der Waals surface area contributed by atoms with Gasteiger partial charge in [-0.2, -0.15) is 0 Å². The van der Waals surface area contributed by atoms with Gasteiger partial charge in [-0.1, -0.05) is 24.3 Å². The van der Waals surface area contributed by atoms with E-state index in [0.29, 0.717) is 19.1 Å². The molecule has 0 fully saturated rings. The third kappa shape index (κ3) is 5.28. The molecule has 4 heteroatoms. The average molecular weight is 266 g/mol. The second-order valence-electron chi connectivity index (χ2n) is 4.78. The number of hydrogen-bond donors (Lipinski definition) is 3. The van der Waals surface area contributed by atoms with Crippen LogP contribution in [0.3, 0.4) is 0 Å². The molecule has 0 saturated carbocycles. The van der Waals surface area contributed by atoms with Crippen molar-refractivity contribution >= 4 is 0 Å². The first kappa shape index (κ1) is 16.1. The summed E-state index contributed by atoms with van der Waals surface area (Å²) in [7, 11) is 1.97. The summed E-state index contributed by atoms with van der Waals surface area (Å²) in [5, 5.41) is 21.4. The van der Waals surface area contributed by atoms with E-state index in [2.05, 4.69) is 41.4 Å². The van der Waals surface area contributed by atoms with Gasteiger partial charge < -0.3 is 15.5 Å². The fraction of sp³-hybridized carbons (Fsp3) is 0.600. The predicted octanol–water partition coefficient (Wildman–Crippen LogP) is 0.932. The number of aliphatic hydroxyl groups is 2. The van der Waals surface area contributed by atoms with Crippen LogP contribution in [0, 0.1) is 6.92 Å². The highest BCUT2D eigenvalue weighted by molar-refractivity contribution is 5.28. The summed E-state index contributed by atoms with van der Waals surface area (Å²) < 4.78 is 0.